The molecule has 1 nitrogen and oxygen atoms in total. The van der Waals surface area contributed by atoms with Gasteiger partial charge in [0, 0.05) is 18.9 Å². The number of benzene rings is 1. The van der Waals surface area contributed by atoms with E-state index < -0.39 is 0 Å². The van der Waals surface area contributed by atoms with Gasteiger partial charge in [-0.25, -0.2) is 0 Å². The van der Waals surface area contributed by atoms with Crippen LogP contribution in [0, 0.1) is 11.8 Å². The minimum Gasteiger partial charge on any atom is -0.396 e. The number of rotatable bonds is 5. The molecule has 1 atom stereocenters. The highest BCUT2D eigenvalue weighted by Gasteiger charge is 2.06. The molecule has 1 aromatic rings. The van der Waals surface area contributed by atoms with Gasteiger partial charge in [-0.2, -0.15) is 0 Å². The van der Waals surface area contributed by atoms with Crippen molar-refractivity contribution in [3.63, 3.8) is 0 Å². The first-order valence-corrected chi connectivity index (χ1v) is 6.02. The van der Waals surface area contributed by atoms with Crippen molar-refractivity contribution >= 4 is 0 Å². The molecule has 0 saturated heterocycles. The van der Waals surface area contributed by atoms with E-state index >= 15 is 0 Å². The highest BCUT2D eigenvalue weighted by Crippen LogP contribution is 2.17. The summed E-state index contributed by atoms with van der Waals surface area (Å²) in [6, 6.07) is 10.2. The summed E-state index contributed by atoms with van der Waals surface area (Å²) in [6.07, 6.45) is 4.03. The zero-order chi connectivity index (χ0) is 11.6. The number of hydrogen-bond acceptors (Lipinski definition) is 1. The van der Waals surface area contributed by atoms with Crippen molar-refractivity contribution in [3.05, 3.63) is 35.9 Å². The molecule has 0 unspecified atom stereocenters. The van der Waals surface area contributed by atoms with Crippen molar-refractivity contribution < 1.29 is 5.11 Å². The molecule has 0 radical (unpaired) electrons. The summed E-state index contributed by atoms with van der Waals surface area (Å²) in [5.41, 5.74) is 1.21. The lowest BCUT2D eigenvalue weighted by molar-refractivity contribution is 0.284. The second-order valence-electron chi connectivity index (χ2n) is 3.90. The van der Waals surface area contributed by atoms with Gasteiger partial charge in [0.2, 0.25) is 0 Å². The van der Waals surface area contributed by atoms with Crippen LogP contribution in [0.5, 0.6) is 0 Å². The van der Waals surface area contributed by atoms with Gasteiger partial charge in [-0.15, -0.1) is 5.92 Å². The minimum atomic E-state index is 0.183. The van der Waals surface area contributed by atoms with E-state index in [2.05, 4.69) is 30.9 Å². The predicted molar refractivity (Wildman–Crippen MR) is 68.2 cm³/mol. The Hall–Kier alpha value is -1.26. The van der Waals surface area contributed by atoms with Gasteiger partial charge in [-0.05, 0) is 18.4 Å². The number of aliphatic hydroxyl groups is 1. The molecule has 0 aliphatic heterocycles. The Labute approximate surface area is 98.5 Å². The molecular formula is C15H20O. The first-order valence-electron chi connectivity index (χ1n) is 6.02. The van der Waals surface area contributed by atoms with Crippen molar-refractivity contribution in [2.24, 2.45) is 0 Å². The van der Waals surface area contributed by atoms with Crippen LogP contribution in [0.25, 0.3) is 0 Å². The van der Waals surface area contributed by atoms with E-state index in [4.69, 9.17) is 5.11 Å². The molecule has 1 N–H and O–H groups in total. The molecule has 0 bridgehead atoms. The smallest absolute Gasteiger partial charge is 0.0474 e. The maximum absolute atomic E-state index is 9.03. The molecule has 0 spiro atoms. The summed E-state index contributed by atoms with van der Waals surface area (Å²) in [4.78, 5) is 0. The molecule has 86 valence electrons. The highest BCUT2D eigenvalue weighted by atomic mass is 16.3. The zero-order valence-corrected chi connectivity index (χ0v) is 9.95. The van der Waals surface area contributed by atoms with Gasteiger partial charge in [-0.1, -0.05) is 49.6 Å². The van der Waals surface area contributed by atoms with Crippen LogP contribution < -0.4 is 0 Å². The Bertz CT molecular complexity index is 331. The topological polar surface area (TPSA) is 20.2 Å². The molecule has 0 aromatic heterocycles. The van der Waals surface area contributed by atoms with Crippen LogP contribution in [-0.4, -0.2) is 11.7 Å². The van der Waals surface area contributed by atoms with Crippen LogP contribution in [0.15, 0.2) is 30.3 Å². The van der Waals surface area contributed by atoms with Crippen LogP contribution in [0.2, 0.25) is 0 Å². The molecule has 0 aliphatic carbocycles. The van der Waals surface area contributed by atoms with E-state index in [1.54, 1.807) is 0 Å². The van der Waals surface area contributed by atoms with Gasteiger partial charge in [-0.3, -0.25) is 0 Å². The van der Waals surface area contributed by atoms with E-state index in [1.807, 2.05) is 18.2 Å². The molecule has 0 heterocycles. The lowest BCUT2D eigenvalue weighted by Gasteiger charge is -2.08. The summed E-state index contributed by atoms with van der Waals surface area (Å²) < 4.78 is 0. The average molecular weight is 216 g/mol. The summed E-state index contributed by atoms with van der Waals surface area (Å²) in [7, 11) is 0. The maximum atomic E-state index is 9.03. The zero-order valence-electron chi connectivity index (χ0n) is 9.95. The van der Waals surface area contributed by atoms with Gasteiger partial charge >= 0.3 is 0 Å². The van der Waals surface area contributed by atoms with Crippen molar-refractivity contribution in [1.82, 2.24) is 0 Å². The summed E-state index contributed by atoms with van der Waals surface area (Å²) in [6.45, 7) is 2.37. The third-order valence-corrected chi connectivity index (χ3v) is 2.55. The average Bonchev–Trinajstić information content (AvgIpc) is 2.34. The Kier molecular flexibility index (Phi) is 6.37. The molecule has 0 saturated carbocycles. The maximum Gasteiger partial charge on any atom is 0.0474 e. The third-order valence-electron chi connectivity index (χ3n) is 2.55. The highest BCUT2D eigenvalue weighted by molar-refractivity contribution is 5.27. The second-order valence-corrected chi connectivity index (χ2v) is 3.90. The van der Waals surface area contributed by atoms with Crippen LogP contribution in [0.1, 0.15) is 44.1 Å². The lowest BCUT2D eigenvalue weighted by Crippen LogP contribution is -1.98. The summed E-state index contributed by atoms with van der Waals surface area (Å²) in [5, 5.41) is 9.03. The van der Waals surface area contributed by atoms with Gasteiger partial charge in [0.15, 0.2) is 0 Å². The number of aliphatic hydroxyl groups excluding tert-OH is 1. The van der Waals surface area contributed by atoms with Gasteiger partial charge < -0.3 is 5.11 Å². The van der Waals surface area contributed by atoms with E-state index in [0.29, 0.717) is 0 Å². The first-order chi connectivity index (χ1) is 7.88. The molecule has 1 rings (SSSR count). The molecular weight excluding hydrogens is 196 g/mol. The molecule has 1 aromatic carbocycles. The Morgan fingerprint density at radius 2 is 2.00 bits per heavy atom. The monoisotopic (exact) mass is 216 g/mol. The van der Waals surface area contributed by atoms with Crippen LogP contribution >= 0.6 is 0 Å². The lowest BCUT2D eigenvalue weighted by atomic mass is 9.96. The fourth-order valence-electron chi connectivity index (χ4n) is 1.60. The predicted octanol–water partition coefficient (Wildman–Crippen LogP) is 3.35. The van der Waals surface area contributed by atoms with Crippen LogP contribution in [0.4, 0.5) is 0 Å². The quantitative estimate of drug-likeness (QED) is 0.591. The molecule has 0 amide bonds. The Balaban J connectivity index is 2.63. The van der Waals surface area contributed by atoms with Crippen molar-refractivity contribution in [1.29, 1.82) is 0 Å². The van der Waals surface area contributed by atoms with Crippen LogP contribution in [-0.2, 0) is 0 Å². The standard InChI is InChI=1S/C15H20O/c1-2-3-4-6-11-15(12-13-16)14-9-7-5-8-10-14/h5,7-10,15-16H,2-4,12-13H2,1H3/t15-/m1/s1. The molecule has 0 fully saturated rings. The minimum absolute atomic E-state index is 0.183. The van der Waals surface area contributed by atoms with Crippen LogP contribution in [0.3, 0.4) is 0 Å². The first kappa shape index (κ1) is 12.8. The molecule has 0 aliphatic rings. The Morgan fingerprint density at radius 3 is 2.62 bits per heavy atom. The SMILES string of the molecule is CCCCC#C[C@H](CCO)c1ccccc1. The van der Waals surface area contributed by atoms with Gasteiger partial charge in [0.25, 0.3) is 0 Å². The normalized spacial score (nSPS) is 11.6. The van der Waals surface area contributed by atoms with Crippen molar-refractivity contribution in [2.45, 2.75) is 38.5 Å². The van der Waals surface area contributed by atoms with Gasteiger partial charge in [0.05, 0.1) is 0 Å². The van der Waals surface area contributed by atoms with E-state index in [-0.39, 0.29) is 12.5 Å². The fourth-order valence-corrected chi connectivity index (χ4v) is 1.60. The Morgan fingerprint density at radius 1 is 1.25 bits per heavy atom. The summed E-state index contributed by atoms with van der Waals surface area (Å²) in [5.74, 6) is 6.65. The number of hydrogen-bond donors (Lipinski definition) is 1. The van der Waals surface area contributed by atoms with E-state index in [1.165, 1.54) is 12.0 Å². The second kappa shape index (κ2) is 7.96. The number of unbranched alkanes of at least 4 members (excludes halogenated alkanes) is 2. The van der Waals surface area contributed by atoms with Crippen molar-refractivity contribution in [2.75, 3.05) is 6.61 Å². The third kappa shape index (κ3) is 4.51. The van der Waals surface area contributed by atoms with E-state index in [9.17, 15) is 0 Å². The van der Waals surface area contributed by atoms with Crippen molar-refractivity contribution in [3.8, 4) is 11.8 Å². The van der Waals surface area contributed by atoms with E-state index in [0.717, 1.165) is 19.3 Å². The van der Waals surface area contributed by atoms with Gasteiger partial charge in [0.1, 0.15) is 0 Å². The summed E-state index contributed by atoms with van der Waals surface area (Å²) >= 11 is 0. The molecule has 1 heteroatoms. The molecule has 16 heavy (non-hydrogen) atoms. The largest absolute Gasteiger partial charge is 0.396 e. The fraction of sp³-hybridized carbons (Fsp3) is 0.467.